The van der Waals surface area contributed by atoms with Crippen LogP contribution in [0.3, 0.4) is 0 Å². The van der Waals surface area contributed by atoms with E-state index in [2.05, 4.69) is 26.3 Å². The van der Waals surface area contributed by atoms with Crippen LogP contribution in [0, 0.1) is 5.82 Å². The average molecular weight is 687 g/mol. The molecule has 4 aromatic carbocycles. The van der Waals surface area contributed by atoms with Crippen LogP contribution in [0.4, 0.5) is 4.39 Å². The van der Waals surface area contributed by atoms with E-state index in [0.717, 1.165) is 5.56 Å². The van der Waals surface area contributed by atoms with Gasteiger partial charge in [-0.15, -0.1) is 0 Å². The molecule has 4 aromatic rings. The van der Waals surface area contributed by atoms with Gasteiger partial charge in [0.1, 0.15) is 5.82 Å². The molecule has 0 aromatic heterocycles. The van der Waals surface area contributed by atoms with Gasteiger partial charge in [-0.05, 0) is 85.8 Å². The van der Waals surface area contributed by atoms with Gasteiger partial charge >= 0.3 is 23.9 Å². The van der Waals surface area contributed by atoms with Gasteiger partial charge in [0.15, 0.2) is 23.0 Å². The molecule has 0 N–H and O–H groups in total. The molecule has 0 aliphatic rings. The molecule has 51 heavy (non-hydrogen) atoms. The quantitative estimate of drug-likeness (QED) is 0.0629. The molecule has 0 atom stereocenters. The highest BCUT2D eigenvalue weighted by molar-refractivity contribution is 5.92. The van der Waals surface area contributed by atoms with E-state index in [0.29, 0.717) is 27.8 Å². The highest BCUT2D eigenvalue weighted by atomic mass is 19.1. The minimum Gasteiger partial charge on any atom is -0.419 e. The second-order valence-corrected chi connectivity index (χ2v) is 11.7. The molecule has 258 valence electrons. The molecule has 0 unspecified atom stereocenters. The van der Waals surface area contributed by atoms with Crippen molar-refractivity contribution in [3.63, 3.8) is 0 Å². The summed E-state index contributed by atoms with van der Waals surface area (Å²) in [5.74, 6) is -3.07. The van der Waals surface area contributed by atoms with E-state index >= 15 is 4.39 Å². The van der Waals surface area contributed by atoms with Crippen molar-refractivity contribution in [2.24, 2.45) is 0 Å². The van der Waals surface area contributed by atoms with Crippen molar-refractivity contribution in [3.05, 3.63) is 144 Å². The Hall–Kier alpha value is -6.61. The summed E-state index contributed by atoms with van der Waals surface area (Å²) in [6.45, 7) is 20.3. The first-order chi connectivity index (χ1) is 24.1. The van der Waals surface area contributed by atoms with Crippen LogP contribution in [0.1, 0.15) is 38.8 Å². The van der Waals surface area contributed by atoms with Crippen LogP contribution in [0.5, 0.6) is 23.0 Å². The molecule has 0 amide bonds. The minimum atomic E-state index is -0.692. The summed E-state index contributed by atoms with van der Waals surface area (Å²) in [4.78, 5) is 48.7. The fourth-order valence-electron chi connectivity index (χ4n) is 4.30. The van der Waals surface area contributed by atoms with Gasteiger partial charge in [-0.25, -0.2) is 23.6 Å². The average Bonchev–Trinajstić information content (AvgIpc) is 3.08. The maximum Gasteiger partial charge on any atom is 0.338 e. The maximum atomic E-state index is 15.4. The van der Waals surface area contributed by atoms with Crippen LogP contribution in [0.2, 0.25) is 0 Å². The van der Waals surface area contributed by atoms with Crippen LogP contribution in [0.25, 0.3) is 34.4 Å². The first kappa shape index (κ1) is 37.2. The number of esters is 4. The largest absolute Gasteiger partial charge is 0.419 e. The third-order valence-electron chi connectivity index (χ3n) is 7.11. The molecule has 0 aliphatic heterocycles. The zero-order chi connectivity index (χ0) is 37.4. The summed E-state index contributed by atoms with van der Waals surface area (Å²) in [7, 11) is 0. The molecular weight excluding hydrogens is 651 g/mol. The van der Waals surface area contributed by atoms with Gasteiger partial charge in [0, 0.05) is 27.9 Å². The number of carbonyl (C=O) groups excluding carboxylic acids is 4. The molecule has 0 heterocycles. The van der Waals surface area contributed by atoms with Gasteiger partial charge in [0.2, 0.25) is 0 Å². The number of halogens is 1. The third kappa shape index (κ3) is 9.73. The van der Waals surface area contributed by atoms with Crippen LogP contribution in [-0.2, 0) is 19.2 Å². The predicted octanol–water partition coefficient (Wildman–Crippen LogP) is 9.26. The molecule has 0 aliphatic carbocycles. The van der Waals surface area contributed by atoms with Crippen molar-refractivity contribution in [1.82, 2.24) is 0 Å². The standard InChI is InChI=1S/C42H35FO8/c1-24(2)39(44)48-35-19-12-29(22-37(35)50-41(46)26(5)6)10-9-28-11-18-33(34(43)21-28)31-15-13-30(14-16-31)32-17-20-36(49-40(45)25(3)4)38(23-32)51-42(47)27(7)8/h9-23H,1,3,5,7H2,2,4,6,8H3/b10-9+. The fraction of sp³-hybridized carbons (Fsp3) is 0.0952. The number of rotatable bonds is 12. The summed E-state index contributed by atoms with van der Waals surface area (Å²) >= 11 is 0. The van der Waals surface area contributed by atoms with Crippen LogP contribution in [0.15, 0.2) is 127 Å². The van der Waals surface area contributed by atoms with Gasteiger partial charge < -0.3 is 18.9 Å². The topological polar surface area (TPSA) is 105 Å². The Kier molecular flexibility index (Phi) is 11.8. The lowest BCUT2D eigenvalue weighted by Gasteiger charge is -2.13. The van der Waals surface area contributed by atoms with Crippen molar-refractivity contribution < 1.29 is 42.5 Å². The summed E-state index contributed by atoms with van der Waals surface area (Å²) in [5.41, 5.74) is 4.21. The van der Waals surface area contributed by atoms with Crippen molar-refractivity contribution >= 4 is 36.0 Å². The molecule has 0 saturated carbocycles. The first-order valence-electron chi connectivity index (χ1n) is 15.5. The molecule has 0 fully saturated rings. The normalized spacial score (nSPS) is 10.6. The monoisotopic (exact) mass is 686 g/mol. The number of hydrogen-bond donors (Lipinski definition) is 0. The lowest BCUT2D eigenvalue weighted by molar-refractivity contribution is -0.132. The third-order valence-corrected chi connectivity index (χ3v) is 7.11. The number of ether oxygens (including phenoxy) is 4. The Morgan fingerprint density at radius 3 is 1.31 bits per heavy atom. The van der Waals surface area contributed by atoms with E-state index in [4.69, 9.17) is 18.9 Å². The summed E-state index contributed by atoms with van der Waals surface area (Å²) in [5, 5.41) is 0. The van der Waals surface area contributed by atoms with E-state index in [1.54, 1.807) is 66.7 Å². The molecule has 0 saturated heterocycles. The van der Waals surface area contributed by atoms with Gasteiger partial charge in [0.05, 0.1) is 0 Å². The Bertz CT molecular complexity index is 2140. The minimum absolute atomic E-state index is 0.0102. The number of hydrogen-bond acceptors (Lipinski definition) is 8. The van der Waals surface area contributed by atoms with E-state index in [-0.39, 0.29) is 45.3 Å². The van der Waals surface area contributed by atoms with Gasteiger partial charge in [-0.3, -0.25) is 0 Å². The maximum absolute atomic E-state index is 15.4. The molecule has 0 radical (unpaired) electrons. The lowest BCUT2D eigenvalue weighted by atomic mass is 9.98. The Morgan fingerprint density at radius 1 is 0.471 bits per heavy atom. The highest BCUT2D eigenvalue weighted by Crippen LogP contribution is 2.35. The van der Waals surface area contributed by atoms with Gasteiger partial charge in [-0.2, -0.15) is 0 Å². The van der Waals surface area contributed by atoms with E-state index in [1.807, 2.05) is 0 Å². The van der Waals surface area contributed by atoms with E-state index in [9.17, 15) is 19.2 Å². The first-order valence-corrected chi connectivity index (χ1v) is 15.5. The molecule has 9 heteroatoms. The van der Waals surface area contributed by atoms with Crippen molar-refractivity contribution in [2.75, 3.05) is 0 Å². The second kappa shape index (κ2) is 16.2. The number of benzene rings is 4. The summed E-state index contributed by atoms with van der Waals surface area (Å²) < 4.78 is 36.8. The van der Waals surface area contributed by atoms with E-state index < -0.39 is 29.7 Å². The zero-order valence-corrected chi connectivity index (χ0v) is 28.6. The molecular formula is C42H35FO8. The Balaban J connectivity index is 1.56. The Labute approximate surface area is 295 Å². The van der Waals surface area contributed by atoms with Gasteiger partial charge in [-0.1, -0.05) is 87.0 Å². The molecule has 0 bridgehead atoms. The fourth-order valence-corrected chi connectivity index (χ4v) is 4.30. The van der Waals surface area contributed by atoms with Crippen LogP contribution >= 0.6 is 0 Å². The summed E-state index contributed by atoms with van der Waals surface area (Å²) in [6.07, 6.45) is 3.38. The highest BCUT2D eigenvalue weighted by Gasteiger charge is 2.18. The van der Waals surface area contributed by atoms with Crippen molar-refractivity contribution in [1.29, 1.82) is 0 Å². The molecule has 4 rings (SSSR count). The van der Waals surface area contributed by atoms with Crippen molar-refractivity contribution in [2.45, 2.75) is 27.7 Å². The SMILES string of the molecule is C=C(C)C(=O)Oc1ccc(/C=C/c2ccc(-c3ccc(-c4ccc(OC(=O)C(=C)C)c(OC(=O)C(=C)C)c4)cc3)c(F)c2)cc1OC(=O)C(=C)C. The lowest BCUT2D eigenvalue weighted by Crippen LogP contribution is -2.12. The van der Waals surface area contributed by atoms with Crippen LogP contribution < -0.4 is 18.9 Å². The number of carbonyl (C=O) groups is 4. The summed E-state index contributed by atoms with van der Waals surface area (Å²) in [6, 6.07) is 21.3. The molecule has 0 spiro atoms. The second-order valence-electron chi connectivity index (χ2n) is 11.7. The smallest absolute Gasteiger partial charge is 0.338 e. The zero-order valence-electron chi connectivity index (χ0n) is 28.6. The van der Waals surface area contributed by atoms with Crippen molar-refractivity contribution in [3.8, 4) is 45.3 Å². The van der Waals surface area contributed by atoms with Crippen LogP contribution in [-0.4, -0.2) is 23.9 Å². The van der Waals surface area contributed by atoms with Gasteiger partial charge in [0.25, 0.3) is 0 Å². The predicted molar refractivity (Wildman–Crippen MR) is 194 cm³/mol. The molecule has 8 nitrogen and oxygen atoms in total. The Morgan fingerprint density at radius 2 is 0.843 bits per heavy atom. The van der Waals surface area contributed by atoms with E-state index in [1.165, 1.54) is 52.0 Å².